The Balaban J connectivity index is 0.00000338. The SMILES string of the molecule is CCS(=O)(=O)CCNC(=NC)NCc1ccc(N2CCCC2=O)cc1.I. The molecule has 0 spiro atoms. The molecule has 1 aromatic rings. The quantitative estimate of drug-likeness (QED) is 0.341. The van der Waals surface area contributed by atoms with Gasteiger partial charge in [0.25, 0.3) is 0 Å². The van der Waals surface area contributed by atoms with Crippen molar-refractivity contribution in [3.8, 4) is 0 Å². The number of halogens is 1. The molecule has 1 aromatic carbocycles. The molecule has 9 heteroatoms. The van der Waals surface area contributed by atoms with Crippen molar-refractivity contribution in [2.45, 2.75) is 26.3 Å². The fraction of sp³-hybridized carbons (Fsp3) is 0.529. The van der Waals surface area contributed by atoms with Crippen molar-refractivity contribution < 1.29 is 13.2 Å². The Labute approximate surface area is 172 Å². The molecule has 0 aliphatic carbocycles. The largest absolute Gasteiger partial charge is 0.355 e. The third kappa shape index (κ3) is 6.75. The first-order valence-electron chi connectivity index (χ1n) is 8.49. The highest BCUT2D eigenvalue weighted by Gasteiger charge is 2.21. The number of guanidine groups is 1. The zero-order valence-corrected chi connectivity index (χ0v) is 18.3. The van der Waals surface area contributed by atoms with Gasteiger partial charge < -0.3 is 15.5 Å². The van der Waals surface area contributed by atoms with Gasteiger partial charge in [0.15, 0.2) is 15.8 Å². The second-order valence-corrected chi connectivity index (χ2v) is 8.38. The monoisotopic (exact) mass is 494 g/mol. The lowest BCUT2D eigenvalue weighted by Crippen LogP contribution is -2.39. The Bertz CT molecular complexity index is 720. The predicted molar refractivity (Wildman–Crippen MR) is 116 cm³/mol. The van der Waals surface area contributed by atoms with E-state index in [1.165, 1.54) is 0 Å². The first-order chi connectivity index (χ1) is 11.9. The Hall–Kier alpha value is -1.36. The number of nitrogens with one attached hydrogen (secondary N) is 2. The van der Waals surface area contributed by atoms with Crippen LogP contribution in [0.4, 0.5) is 5.69 Å². The summed E-state index contributed by atoms with van der Waals surface area (Å²) in [7, 11) is -1.34. The van der Waals surface area contributed by atoms with Gasteiger partial charge in [-0.15, -0.1) is 24.0 Å². The van der Waals surface area contributed by atoms with Gasteiger partial charge >= 0.3 is 0 Å². The van der Waals surface area contributed by atoms with Gasteiger partial charge in [-0.05, 0) is 24.1 Å². The van der Waals surface area contributed by atoms with E-state index >= 15 is 0 Å². The van der Waals surface area contributed by atoms with Crippen LogP contribution < -0.4 is 15.5 Å². The number of sulfone groups is 1. The van der Waals surface area contributed by atoms with Gasteiger partial charge in [0.1, 0.15) is 0 Å². The summed E-state index contributed by atoms with van der Waals surface area (Å²) in [6.45, 7) is 3.32. The van der Waals surface area contributed by atoms with Crippen LogP contribution in [0.2, 0.25) is 0 Å². The fourth-order valence-electron chi connectivity index (χ4n) is 2.59. The van der Waals surface area contributed by atoms with E-state index in [0.29, 0.717) is 25.5 Å². The van der Waals surface area contributed by atoms with Gasteiger partial charge in [-0.2, -0.15) is 0 Å². The Kier molecular flexibility index (Phi) is 9.34. The molecule has 0 unspecified atom stereocenters. The summed E-state index contributed by atoms with van der Waals surface area (Å²) < 4.78 is 23.0. The molecule has 2 N–H and O–H groups in total. The molecule has 146 valence electrons. The van der Waals surface area contributed by atoms with Crippen LogP contribution in [0, 0.1) is 0 Å². The van der Waals surface area contributed by atoms with Crippen molar-refractivity contribution in [2.24, 2.45) is 4.99 Å². The van der Waals surface area contributed by atoms with Crippen LogP contribution in [0.5, 0.6) is 0 Å². The number of aliphatic imine (C=N–C) groups is 1. The van der Waals surface area contributed by atoms with Crippen LogP contribution >= 0.6 is 24.0 Å². The molecule has 7 nitrogen and oxygen atoms in total. The third-order valence-corrected chi connectivity index (χ3v) is 5.86. The average molecular weight is 494 g/mol. The molecule has 0 radical (unpaired) electrons. The van der Waals surface area contributed by atoms with Crippen molar-refractivity contribution >= 4 is 51.4 Å². The van der Waals surface area contributed by atoms with Crippen LogP contribution in [0.1, 0.15) is 25.3 Å². The summed E-state index contributed by atoms with van der Waals surface area (Å²) >= 11 is 0. The number of hydrogen-bond donors (Lipinski definition) is 2. The maximum atomic E-state index is 11.8. The highest BCUT2D eigenvalue weighted by molar-refractivity contribution is 14.0. The van der Waals surface area contributed by atoms with E-state index in [1.807, 2.05) is 29.2 Å². The van der Waals surface area contributed by atoms with E-state index < -0.39 is 9.84 Å². The Morgan fingerprint density at radius 1 is 1.23 bits per heavy atom. The molecule has 0 bridgehead atoms. The minimum absolute atomic E-state index is 0. The fourth-order valence-corrected chi connectivity index (χ4v) is 3.29. The molecule has 0 saturated carbocycles. The topological polar surface area (TPSA) is 90.9 Å². The summed E-state index contributed by atoms with van der Waals surface area (Å²) in [6.07, 6.45) is 1.54. The average Bonchev–Trinajstić information content (AvgIpc) is 3.04. The number of carbonyl (C=O) groups excluding carboxylic acids is 1. The highest BCUT2D eigenvalue weighted by atomic mass is 127. The molecule has 26 heavy (non-hydrogen) atoms. The number of rotatable bonds is 7. The van der Waals surface area contributed by atoms with E-state index in [-0.39, 0.29) is 41.4 Å². The smallest absolute Gasteiger partial charge is 0.227 e. The second kappa shape index (κ2) is 10.7. The van der Waals surface area contributed by atoms with Crippen molar-refractivity contribution in [1.29, 1.82) is 0 Å². The maximum absolute atomic E-state index is 11.8. The standard InChI is InChI=1S/C17H26N4O3S.HI/c1-3-25(23,24)12-10-19-17(18-2)20-13-14-6-8-15(9-7-14)21-11-4-5-16(21)22;/h6-9H,3-5,10-13H2,1-2H3,(H2,18,19,20);1H. The van der Waals surface area contributed by atoms with E-state index in [2.05, 4.69) is 15.6 Å². The Morgan fingerprint density at radius 3 is 2.46 bits per heavy atom. The molecule has 2 rings (SSSR count). The lowest BCUT2D eigenvalue weighted by molar-refractivity contribution is -0.117. The number of carbonyl (C=O) groups is 1. The van der Waals surface area contributed by atoms with Crippen molar-refractivity contribution in [3.05, 3.63) is 29.8 Å². The van der Waals surface area contributed by atoms with Gasteiger partial charge in [0.05, 0.1) is 5.75 Å². The zero-order valence-electron chi connectivity index (χ0n) is 15.2. The van der Waals surface area contributed by atoms with E-state index in [0.717, 1.165) is 24.2 Å². The van der Waals surface area contributed by atoms with Gasteiger partial charge in [0.2, 0.25) is 5.91 Å². The van der Waals surface area contributed by atoms with Gasteiger partial charge in [-0.1, -0.05) is 19.1 Å². The molecule has 1 saturated heterocycles. The van der Waals surface area contributed by atoms with E-state index in [4.69, 9.17) is 0 Å². The van der Waals surface area contributed by atoms with Crippen LogP contribution in [-0.2, 0) is 21.2 Å². The van der Waals surface area contributed by atoms with Crippen LogP contribution in [0.15, 0.2) is 29.3 Å². The number of nitrogens with zero attached hydrogens (tertiary/aromatic N) is 2. The minimum Gasteiger partial charge on any atom is -0.355 e. The zero-order chi connectivity index (χ0) is 18.3. The second-order valence-electron chi connectivity index (χ2n) is 5.90. The Morgan fingerprint density at radius 2 is 1.92 bits per heavy atom. The molecule has 0 atom stereocenters. The number of hydrogen-bond acceptors (Lipinski definition) is 4. The van der Waals surface area contributed by atoms with Crippen LogP contribution in [0.3, 0.4) is 0 Å². The first-order valence-corrected chi connectivity index (χ1v) is 10.3. The summed E-state index contributed by atoms with van der Waals surface area (Å²) in [4.78, 5) is 17.7. The highest BCUT2D eigenvalue weighted by Crippen LogP contribution is 2.21. The lowest BCUT2D eigenvalue weighted by Gasteiger charge is -2.16. The van der Waals surface area contributed by atoms with Gasteiger partial charge in [0, 0.05) is 44.5 Å². The molecule has 1 aliphatic heterocycles. The number of amides is 1. The molecule has 1 fully saturated rings. The van der Waals surface area contributed by atoms with Crippen LogP contribution in [-0.4, -0.2) is 51.9 Å². The number of benzene rings is 1. The van der Waals surface area contributed by atoms with Crippen LogP contribution in [0.25, 0.3) is 0 Å². The normalized spacial score (nSPS) is 14.9. The molecule has 1 amide bonds. The van der Waals surface area contributed by atoms with E-state index in [9.17, 15) is 13.2 Å². The molecule has 0 aromatic heterocycles. The van der Waals surface area contributed by atoms with Gasteiger partial charge in [-0.25, -0.2) is 8.42 Å². The predicted octanol–water partition coefficient (Wildman–Crippen LogP) is 1.53. The summed E-state index contributed by atoms with van der Waals surface area (Å²) in [5.41, 5.74) is 1.98. The van der Waals surface area contributed by atoms with Crippen molar-refractivity contribution in [3.63, 3.8) is 0 Å². The third-order valence-electron chi connectivity index (χ3n) is 4.15. The molecular formula is C17H27IN4O3S. The molecular weight excluding hydrogens is 467 g/mol. The van der Waals surface area contributed by atoms with E-state index in [1.54, 1.807) is 14.0 Å². The summed E-state index contributed by atoms with van der Waals surface area (Å²) in [5.74, 6) is 0.970. The van der Waals surface area contributed by atoms with Gasteiger partial charge in [-0.3, -0.25) is 9.79 Å². The summed E-state index contributed by atoms with van der Waals surface area (Å²) in [6, 6.07) is 7.85. The minimum atomic E-state index is -2.99. The maximum Gasteiger partial charge on any atom is 0.227 e. The summed E-state index contributed by atoms with van der Waals surface area (Å²) in [5, 5.41) is 6.15. The lowest BCUT2D eigenvalue weighted by atomic mass is 10.2. The van der Waals surface area contributed by atoms with Crippen molar-refractivity contribution in [1.82, 2.24) is 10.6 Å². The van der Waals surface area contributed by atoms with Crippen molar-refractivity contribution in [2.75, 3.05) is 36.5 Å². The first kappa shape index (κ1) is 22.7. The molecule has 1 heterocycles. The molecule has 1 aliphatic rings. The number of anilines is 1.